The number of aromatic nitrogens is 2. The lowest BCUT2D eigenvalue weighted by Gasteiger charge is -2.23. The number of ether oxygens (including phenoxy) is 1. The van der Waals surface area contributed by atoms with E-state index in [1.165, 1.54) is 24.2 Å². The molecule has 2 aliphatic heterocycles. The van der Waals surface area contributed by atoms with Crippen LogP contribution in [0.5, 0.6) is 0 Å². The van der Waals surface area contributed by atoms with Crippen molar-refractivity contribution in [1.82, 2.24) is 14.9 Å². The minimum absolute atomic E-state index is 0.461. The molecule has 2 unspecified atom stereocenters. The molecular formula is C13H19N3O. The summed E-state index contributed by atoms with van der Waals surface area (Å²) in [6.45, 7) is 2.95. The summed E-state index contributed by atoms with van der Waals surface area (Å²) < 4.78 is 8.36. The average Bonchev–Trinajstić information content (AvgIpc) is 2.94. The normalized spacial score (nSPS) is 32.7. The predicted octanol–water partition coefficient (Wildman–Crippen LogP) is 1.27. The van der Waals surface area contributed by atoms with E-state index in [0.717, 1.165) is 38.5 Å². The Hall–Kier alpha value is -0.870. The van der Waals surface area contributed by atoms with Crippen LogP contribution >= 0.6 is 0 Å². The number of nitrogens with one attached hydrogen (secondary N) is 1. The van der Waals surface area contributed by atoms with Crippen molar-refractivity contribution in [2.45, 2.75) is 44.4 Å². The van der Waals surface area contributed by atoms with Crippen molar-refractivity contribution in [2.24, 2.45) is 5.92 Å². The molecule has 4 rings (SSSR count). The maximum Gasteiger partial charge on any atom is 0.0955 e. The second-order valence-electron chi connectivity index (χ2n) is 5.50. The highest BCUT2D eigenvalue weighted by atomic mass is 16.5. The molecule has 1 aromatic heterocycles. The van der Waals surface area contributed by atoms with E-state index in [0.29, 0.717) is 12.1 Å². The summed E-state index contributed by atoms with van der Waals surface area (Å²) >= 11 is 0. The number of hydrogen-bond donors (Lipinski definition) is 1. The average molecular weight is 233 g/mol. The van der Waals surface area contributed by atoms with E-state index in [1.807, 2.05) is 6.33 Å². The summed E-state index contributed by atoms with van der Waals surface area (Å²) in [5.74, 6) is 0.822. The quantitative estimate of drug-likeness (QED) is 0.836. The van der Waals surface area contributed by atoms with Gasteiger partial charge in [-0.1, -0.05) is 0 Å². The summed E-state index contributed by atoms with van der Waals surface area (Å²) in [7, 11) is 0. The van der Waals surface area contributed by atoms with Gasteiger partial charge in [-0.3, -0.25) is 0 Å². The first-order valence-corrected chi connectivity index (χ1v) is 6.80. The number of hydrogen-bond acceptors (Lipinski definition) is 3. The highest BCUT2D eigenvalue weighted by molar-refractivity contribution is 5.18. The van der Waals surface area contributed by atoms with Crippen molar-refractivity contribution in [3.63, 3.8) is 0 Å². The molecule has 1 aliphatic carbocycles. The molecule has 0 radical (unpaired) electrons. The van der Waals surface area contributed by atoms with Gasteiger partial charge in [0.15, 0.2) is 0 Å². The summed E-state index contributed by atoms with van der Waals surface area (Å²) in [5.41, 5.74) is 2.70. The lowest BCUT2D eigenvalue weighted by molar-refractivity contribution is 0.0745. The van der Waals surface area contributed by atoms with Gasteiger partial charge in [0.2, 0.25) is 0 Å². The Morgan fingerprint density at radius 1 is 1.35 bits per heavy atom. The van der Waals surface area contributed by atoms with Crippen LogP contribution in [0.25, 0.3) is 0 Å². The number of rotatable bonds is 2. The van der Waals surface area contributed by atoms with E-state index in [1.54, 1.807) is 0 Å². The van der Waals surface area contributed by atoms with Crippen LogP contribution in [0.1, 0.15) is 36.7 Å². The zero-order valence-corrected chi connectivity index (χ0v) is 10.1. The molecular weight excluding hydrogens is 214 g/mol. The molecule has 1 saturated heterocycles. The Balaban J connectivity index is 1.66. The zero-order chi connectivity index (χ0) is 11.2. The molecule has 4 nitrogen and oxygen atoms in total. The molecule has 1 N–H and O–H groups in total. The molecule has 17 heavy (non-hydrogen) atoms. The fourth-order valence-corrected chi connectivity index (χ4v) is 3.32. The molecule has 1 saturated carbocycles. The second-order valence-corrected chi connectivity index (χ2v) is 5.50. The largest absolute Gasteiger partial charge is 0.376 e. The zero-order valence-electron chi connectivity index (χ0n) is 10.1. The maximum absolute atomic E-state index is 5.94. The first kappa shape index (κ1) is 10.1. The van der Waals surface area contributed by atoms with E-state index < -0.39 is 0 Å². The van der Waals surface area contributed by atoms with Gasteiger partial charge < -0.3 is 14.6 Å². The first-order chi connectivity index (χ1) is 8.43. The van der Waals surface area contributed by atoms with Gasteiger partial charge >= 0.3 is 0 Å². The van der Waals surface area contributed by atoms with Crippen LogP contribution in [-0.4, -0.2) is 28.8 Å². The van der Waals surface area contributed by atoms with E-state index in [9.17, 15) is 0 Å². The van der Waals surface area contributed by atoms with Crippen LogP contribution in [0.3, 0.4) is 0 Å². The van der Waals surface area contributed by atoms with Gasteiger partial charge in [0.25, 0.3) is 0 Å². The molecule has 4 heteroatoms. The summed E-state index contributed by atoms with van der Waals surface area (Å²) in [6, 6.07) is 0.553. The number of nitrogens with zero attached hydrogens (tertiary/aromatic N) is 2. The van der Waals surface area contributed by atoms with Gasteiger partial charge in [0, 0.05) is 31.8 Å². The molecule has 3 heterocycles. The summed E-state index contributed by atoms with van der Waals surface area (Å²) in [6.07, 6.45) is 7.51. The molecule has 0 bridgehead atoms. The minimum Gasteiger partial charge on any atom is -0.376 e. The number of fused-ring (bicyclic) bond motifs is 1. The Labute approximate surface area is 101 Å². The molecule has 1 aromatic rings. The van der Waals surface area contributed by atoms with Gasteiger partial charge in [-0.15, -0.1) is 0 Å². The van der Waals surface area contributed by atoms with Gasteiger partial charge in [0.1, 0.15) is 0 Å². The Morgan fingerprint density at radius 2 is 2.29 bits per heavy atom. The third-order valence-electron chi connectivity index (χ3n) is 4.36. The van der Waals surface area contributed by atoms with Crippen LogP contribution in [-0.2, 0) is 17.7 Å². The predicted molar refractivity (Wildman–Crippen MR) is 63.8 cm³/mol. The van der Waals surface area contributed by atoms with Crippen LogP contribution in [0.2, 0.25) is 0 Å². The molecule has 0 amide bonds. The maximum atomic E-state index is 5.94. The van der Waals surface area contributed by atoms with Crippen molar-refractivity contribution in [2.75, 3.05) is 13.2 Å². The fourth-order valence-electron chi connectivity index (χ4n) is 3.32. The topological polar surface area (TPSA) is 39.1 Å². The SMILES string of the molecule is c1nc2c(n1C1CCOC1C1CC1)CCNC2. The van der Waals surface area contributed by atoms with E-state index >= 15 is 0 Å². The van der Waals surface area contributed by atoms with Crippen molar-refractivity contribution < 1.29 is 4.74 Å². The third-order valence-corrected chi connectivity index (χ3v) is 4.36. The van der Waals surface area contributed by atoms with Crippen LogP contribution in [0.15, 0.2) is 6.33 Å². The van der Waals surface area contributed by atoms with Gasteiger partial charge in [-0.25, -0.2) is 4.98 Å². The summed E-state index contributed by atoms with van der Waals surface area (Å²) in [4.78, 5) is 4.56. The molecule has 0 aromatic carbocycles. The van der Waals surface area contributed by atoms with Crippen molar-refractivity contribution in [3.8, 4) is 0 Å². The van der Waals surface area contributed by atoms with Gasteiger partial charge in [-0.2, -0.15) is 0 Å². The first-order valence-electron chi connectivity index (χ1n) is 6.80. The molecule has 3 aliphatic rings. The molecule has 2 fully saturated rings. The van der Waals surface area contributed by atoms with Crippen molar-refractivity contribution in [1.29, 1.82) is 0 Å². The third kappa shape index (κ3) is 1.62. The number of imidazole rings is 1. The van der Waals surface area contributed by atoms with Crippen molar-refractivity contribution >= 4 is 0 Å². The van der Waals surface area contributed by atoms with E-state index in [4.69, 9.17) is 4.74 Å². The second kappa shape index (κ2) is 3.82. The van der Waals surface area contributed by atoms with Crippen LogP contribution < -0.4 is 5.32 Å². The minimum atomic E-state index is 0.461. The van der Waals surface area contributed by atoms with Gasteiger partial charge in [0.05, 0.1) is 24.2 Å². The molecule has 0 spiro atoms. The smallest absolute Gasteiger partial charge is 0.0955 e. The lowest BCUT2D eigenvalue weighted by atomic mass is 10.0. The monoisotopic (exact) mass is 233 g/mol. The van der Waals surface area contributed by atoms with Crippen molar-refractivity contribution in [3.05, 3.63) is 17.7 Å². The fraction of sp³-hybridized carbons (Fsp3) is 0.769. The Morgan fingerprint density at radius 3 is 3.18 bits per heavy atom. The highest BCUT2D eigenvalue weighted by Gasteiger charge is 2.42. The summed E-state index contributed by atoms with van der Waals surface area (Å²) in [5, 5.41) is 3.38. The standard InChI is InChI=1S/C13H19N3O/c1-2-9(1)13-12(4-6-17-13)16-8-15-10-7-14-5-3-11(10)16/h8-9,12-14H,1-7H2. The van der Waals surface area contributed by atoms with Crippen LogP contribution in [0.4, 0.5) is 0 Å². The Kier molecular flexibility index (Phi) is 2.27. The van der Waals surface area contributed by atoms with Gasteiger partial charge in [-0.05, 0) is 25.2 Å². The van der Waals surface area contributed by atoms with E-state index in [-0.39, 0.29) is 0 Å². The molecule has 92 valence electrons. The van der Waals surface area contributed by atoms with Crippen LogP contribution in [0, 0.1) is 5.92 Å². The Bertz CT molecular complexity index is 424. The lowest BCUT2D eigenvalue weighted by Crippen LogP contribution is -2.28. The molecule has 2 atom stereocenters. The van der Waals surface area contributed by atoms with E-state index in [2.05, 4.69) is 14.9 Å². The highest BCUT2D eigenvalue weighted by Crippen LogP contribution is 2.43.